The number of aryl methyl sites for hydroxylation is 2. The fraction of sp³-hybridized carbons (Fsp3) is 0.688. The van der Waals surface area contributed by atoms with Crippen LogP contribution >= 0.6 is 23.7 Å². The SMILES string of the molecule is CCCc1sc(C(=O)N2C[C@H]3CNC[C@H]3C2)cc1CC.Cl. The molecule has 0 aliphatic carbocycles. The van der Waals surface area contributed by atoms with Gasteiger partial charge in [-0.15, -0.1) is 23.7 Å². The second-order valence-electron chi connectivity index (χ2n) is 6.05. The first-order valence-corrected chi connectivity index (χ1v) is 8.66. The fourth-order valence-electron chi connectivity index (χ4n) is 3.49. The highest BCUT2D eigenvalue weighted by atomic mass is 35.5. The Balaban J connectivity index is 0.00000161. The normalized spacial score (nSPS) is 24.0. The molecule has 2 atom stereocenters. The van der Waals surface area contributed by atoms with Crippen molar-refractivity contribution in [1.29, 1.82) is 0 Å². The maximum absolute atomic E-state index is 12.7. The molecule has 1 aromatic rings. The van der Waals surface area contributed by atoms with Gasteiger partial charge in [-0.3, -0.25) is 4.79 Å². The molecular weight excluding hydrogens is 304 g/mol. The molecule has 0 aromatic carbocycles. The summed E-state index contributed by atoms with van der Waals surface area (Å²) >= 11 is 1.72. The topological polar surface area (TPSA) is 32.3 Å². The van der Waals surface area contributed by atoms with Crippen LogP contribution in [-0.2, 0) is 12.8 Å². The van der Waals surface area contributed by atoms with E-state index >= 15 is 0 Å². The number of hydrogen-bond donors (Lipinski definition) is 1. The van der Waals surface area contributed by atoms with Crippen LogP contribution in [0.15, 0.2) is 6.07 Å². The predicted molar refractivity (Wildman–Crippen MR) is 90.7 cm³/mol. The van der Waals surface area contributed by atoms with Crippen LogP contribution in [0.3, 0.4) is 0 Å². The zero-order valence-corrected chi connectivity index (χ0v) is 14.5. The molecule has 3 rings (SSSR count). The molecule has 2 aliphatic rings. The summed E-state index contributed by atoms with van der Waals surface area (Å²) in [4.78, 5) is 17.1. The molecule has 1 aromatic heterocycles. The Morgan fingerprint density at radius 1 is 1.33 bits per heavy atom. The highest BCUT2D eigenvalue weighted by Gasteiger charge is 2.38. The average molecular weight is 329 g/mol. The standard InChI is InChI=1S/C16H24N2OS.ClH/c1-3-5-14-11(4-2)6-15(20-14)16(19)18-9-12-7-17-8-13(12)10-18;/h6,12-13,17H,3-5,7-10H2,1-2H3;1H/t12-,13+;. The minimum absolute atomic E-state index is 0. The van der Waals surface area contributed by atoms with Gasteiger partial charge in [-0.05, 0) is 36.3 Å². The van der Waals surface area contributed by atoms with Crippen molar-refractivity contribution >= 4 is 29.7 Å². The van der Waals surface area contributed by atoms with Crippen LogP contribution in [0.25, 0.3) is 0 Å². The van der Waals surface area contributed by atoms with Crippen LogP contribution in [0.5, 0.6) is 0 Å². The molecule has 3 heterocycles. The van der Waals surface area contributed by atoms with Gasteiger partial charge < -0.3 is 10.2 Å². The number of carbonyl (C=O) groups is 1. The van der Waals surface area contributed by atoms with E-state index in [2.05, 4.69) is 30.1 Å². The Kier molecular flexibility index (Phi) is 5.69. The number of thiophene rings is 1. The van der Waals surface area contributed by atoms with E-state index in [9.17, 15) is 4.79 Å². The van der Waals surface area contributed by atoms with Gasteiger partial charge in [0.25, 0.3) is 5.91 Å². The first-order chi connectivity index (χ1) is 9.72. The summed E-state index contributed by atoms with van der Waals surface area (Å²) in [7, 11) is 0. The Morgan fingerprint density at radius 3 is 2.57 bits per heavy atom. The number of amides is 1. The van der Waals surface area contributed by atoms with Crippen LogP contribution in [0.4, 0.5) is 0 Å². The monoisotopic (exact) mass is 328 g/mol. The van der Waals surface area contributed by atoms with E-state index in [0.717, 1.165) is 50.3 Å². The van der Waals surface area contributed by atoms with Crippen LogP contribution in [-0.4, -0.2) is 37.0 Å². The van der Waals surface area contributed by atoms with E-state index < -0.39 is 0 Å². The lowest BCUT2D eigenvalue weighted by Gasteiger charge is -2.16. The lowest BCUT2D eigenvalue weighted by molar-refractivity contribution is 0.0786. The summed E-state index contributed by atoms with van der Waals surface area (Å²) in [5.74, 6) is 1.63. The molecule has 1 amide bonds. The number of nitrogens with zero attached hydrogens (tertiary/aromatic N) is 1. The Hall–Kier alpha value is -0.580. The van der Waals surface area contributed by atoms with Crippen molar-refractivity contribution in [3.8, 4) is 0 Å². The summed E-state index contributed by atoms with van der Waals surface area (Å²) in [6.45, 7) is 8.44. The van der Waals surface area contributed by atoms with Gasteiger partial charge in [0.2, 0.25) is 0 Å². The van der Waals surface area contributed by atoms with Crippen LogP contribution in [0.2, 0.25) is 0 Å². The summed E-state index contributed by atoms with van der Waals surface area (Å²) in [5, 5.41) is 3.43. The third-order valence-corrected chi connectivity index (χ3v) is 5.87. The third kappa shape index (κ3) is 3.27. The molecule has 118 valence electrons. The lowest BCUT2D eigenvalue weighted by Crippen LogP contribution is -2.31. The van der Waals surface area contributed by atoms with Crippen LogP contribution in [0, 0.1) is 11.8 Å². The van der Waals surface area contributed by atoms with Crippen molar-refractivity contribution in [3.05, 3.63) is 21.4 Å². The van der Waals surface area contributed by atoms with Crippen molar-refractivity contribution in [2.75, 3.05) is 26.2 Å². The summed E-state index contributed by atoms with van der Waals surface area (Å²) < 4.78 is 0. The maximum Gasteiger partial charge on any atom is 0.263 e. The second-order valence-corrected chi connectivity index (χ2v) is 7.19. The second kappa shape index (κ2) is 7.12. The van der Waals surface area contributed by atoms with Gasteiger partial charge in [0.1, 0.15) is 0 Å². The summed E-state index contributed by atoms with van der Waals surface area (Å²) in [5.41, 5.74) is 1.38. The van der Waals surface area contributed by atoms with Crippen molar-refractivity contribution < 1.29 is 4.79 Å². The maximum atomic E-state index is 12.7. The molecule has 3 nitrogen and oxygen atoms in total. The Morgan fingerprint density at radius 2 is 2.00 bits per heavy atom. The minimum atomic E-state index is 0. The molecule has 5 heteroatoms. The number of carbonyl (C=O) groups excluding carboxylic acids is 1. The molecule has 1 N–H and O–H groups in total. The lowest BCUT2D eigenvalue weighted by atomic mass is 10.0. The van der Waals surface area contributed by atoms with E-state index in [1.165, 1.54) is 10.4 Å². The molecule has 2 fully saturated rings. The minimum Gasteiger partial charge on any atom is -0.337 e. The quantitative estimate of drug-likeness (QED) is 0.921. The molecule has 0 spiro atoms. The number of rotatable bonds is 4. The molecule has 0 bridgehead atoms. The fourth-order valence-corrected chi connectivity index (χ4v) is 4.81. The first kappa shape index (κ1) is 16.8. The van der Waals surface area contributed by atoms with Gasteiger partial charge in [-0.2, -0.15) is 0 Å². The third-order valence-electron chi connectivity index (χ3n) is 4.64. The largest absolute Gasteiger partial charge is 0.337 e. The Labute approximate surface area is 137 Å². The van der Waals surface area contributed by atoms with Crippen LogP contribution in [0.1, 0.15) is 40.4 Å². The zero-order chi connectivity index (χ0) is 14.1. The number of hydrogen-bond acceptors (Lipinski definition) is 3. The molecule has 2 aliphatic heterocycles. The van der Waals surface area contributed by atoms with Crippen molar-refractivity contribution in [1.82, 2.24) is 10.2 Å². The van der Waals surface area contributed by atoms with Crippen molar-refractivity contribution in [2.24, 2.45) is 11.8 Å². The molecule has 21 heavy (non-hydrogen) atoms. The van der Waals surface area contributed by atoms with Gasteiger partial charge >= 0.3 is 0 Å². The van der Waals surface area contributed by atoms with Gasteiger partial charge in [-0.25, -0.2) is 0 Å². The van der Waals surface area contributed by atoms with E-state index in [4.69, 9.17) is 0 Å². The molecule has 0 unspecified atom stereocenters. The van der Waals surface area contributed by atoms with Crippen molar-refractivity contribution in [2.45, 2.75) is 33.1 Å². The number of likely N-dealkylation sites (tertiary alicyclic amines) is 1. The molecule has 2 saturated heterocycles. The predicted octanol–water partition coefficient (Wildman–Crippen LogP) is 2.98. The van der Waals surface area contributed by atoms with E-state index in [0.29, 0.717) is 11.8 Å². The highest BCUT2D eigenvalue weighted by Crippen LogP contribution is 2.30. The first-order valence-electron chi connectivity index (χ1n) is 7.84. The molecule has 0 saturated carbocycles. The number of fused-ring (bicyclic) bond motifs is 1. The van der Waals surface area contributed by atoms with E-state index in [1.807, 2.05) is 0 Å². The molecule has 0 radical (unpaired) electrons. The van der Waals surface area contributed by atoms with E-state index in [1.54, 1.807) is 11.3 Å². The average Bonchev–Trinajstić information content (AvgIpc) is 3.11. The van der Waals surface area contributed by atoms with Gasteiger partial charge in [0, 0.05) is 31.1 Å². The van der Waals surface area contributed by atoms with Crippen molar-refractivity contribution in [3.63, 3.8) is 0 Å². The van der Waals surface area contributed by atoms with Gasteiger partial charge in [-0.1, -0.05) is 20.3 Å². The highest BCUT2D eigenvalue weighted by molar-refractivity contribution is 7.14. The van der Waals surface area contributed by atoms with E-state index in [-0.39, 0.29) is 18.3 Å². The smallest absolute Gasteiger partial charge is 0.263 e. The summed E-state index contributed by atoms with van der Waals surface area (Å²) in [6, 6.07) is 2.14. The molecular formula is C16H25ClN2OS. The Bertz CT molecular complexity index is 490. The van der Waals surface area contributed by atoms with Crippen LogP contribution < -0.4 is 5.32 Å². The van der Waals surface area contributed by atoms with Gasteiger partial charge in [0.15, 0.2) is 0 Å². The number of nitrogens with one attached hydrogen (secondary N) is 1. The number of halogens is 1. The summed E-state index contributed by atoms with van der Waals surface area (Å²) in [6.07, 6.45) is 3.30. The van der Waals surface area contributed by atoms with Gasteiger partial charge in [0.05, 0.1) is 4.88 Å². The zero-order valence-electron chi connectivity index (χ0n) is 12.9.